The minimum atomic E-state index is -4.47. The number of aliphatic hydroxyl groups is 1. The molecule has 0 saturated carbocycles. The van der Waals surface area contributed by atoms with Crippen LogP contribution in [0.3, 0.4) is 0 Å². The molecule has 5 aromatic rings. The molecule has 11 nitrogen and oxygen atoms in total. The third-order valence-corrected chi connectivity index (χ3v) is 9.24. The van der Waals surface area contributed by atoms with Crippen molar-refractivity contribution >= 4 is 38.3 Å². The van der Waals surface area contributed by atoms with Crippen LogP contribution in [0.15, 0.2) is 77.8 Å². The van der Waals surface area contributed by atoms with Gasteiger partial charge in [-0.25, -0.2) is 27.2 Å². The normalized spacial score (nSPS) is 14.7. The number of halogens is 2. The number of hydrogen-bond donors (Lipinski definition) is 3. The molecule has 0 radical (unpaired) electrons. The van der Waals surface area contributed by atoms with Gasteiger partial charge in [0.1, 0.15) is 33.8 Å². The summed E-state index contributed by atoms with van der Waals surface area (Å²) in [6.45, 7) is 0.718. The Morgan fingerprint density at radius 2 is 1.79 bits per heavy atom. The lowest BCUT2D eigenvalue weighted by Crippen LogP contribution is -2.29. The maximum absolute atomic E-state index is 14.3. The average molecular weight is 662 g/mol. The Balaban J connectivity index is 1.34. The molecule has 4 N–H and O–H groups in total. The monoisotopic (exact) mass is 661 g/mol. The number of β-amino-alcohol motifs (C(OH)–C–C–N with tert-alkyl or cyclic N) is 1. The van der Waals surface area contributed by atoms with Crippen molar-refractivity contribution in [3.05, 3.63) is 90.1 Å². The van der Waals surface area contributed by atoms with E-state index in [1.54, 1.807) is 35.2 Å². The molecule has 0 spiro atoms. The molecule has 0 aliphatic carbocycles. The van der Waals surface area contributed by atoms with Crippen LogP contribution < -0.4 is 19.9 Å². The van der Waals surface area contributed by atoms with E-state index in [4.69, 9.17) is 15.2 Å². The summed E-state index contributed by atoms with van der Waals surface area (Å²) >= 11 is 0. The van der Waals surface area contributed by atoms with E-state index in [1.807, 2.05) is 12.1 Å². The first-order valence-corrected chi connectivity index (χ1v) is 15.8. The molecule has 0 bridgehead atoms. The summed E-state index contributed by atoms with van der Waals surface area (Å²) in [4.78, 5) is 22.7. The highest BCUT2D eigenvalue weighted by molar-refractivity contribution is 7.92. The van der Waals surface area contributed by atoms with Crippen LogP contribution in [0.25, 0.3) is 33.2 Å². The summed E-state index contributed by atoms with van der Waals surface area (Å²) in [6, 6.07) is 15.9. The van der Waals surface area contributed by atoms with Gasteiger partial charge in [0.15, 0.2) is 0 Å². The molecule has 1 atom stereocenters. The van der Waals surface area contributed by atoms with Crippen LogP contribution in [-0.4, -0.2) is 67.7 Å². The highest BCUT2D eigenvalue weighted by Gasteiger charge is 2.28. The van der Waals surface area contributed by atoms with Gasteiger partial charge in [-0.15, -0.1) is 0 Å². The number of anilines is 2. The number of aliphatic hydroxyl groups excluding tert-OH is 1. The first kappa shape index (κ1) is 31.6. The number of likely N-dealkylation sites (tertiary alicyclic amines) is 1. The fourth-order valence-corrected chi connectivity index (χ4v) is 6.58. The van der Waals surface area contributed by atoms with E-state index in [0.717, 1.165) is 12.1 Å². The van der Waals surface area contributed by atoms with Gasteiger partial charge < -0.3 is 25.2 Å². The van der Waals surface area contributed by atoms with Crippen LogP contribution in [0.1, 0.15) is 16.8 Å². The minimum absolute atomic E-state index is 0.0601. The molecule has 1 amide bonds. The number of pyridine rings is 2. The van der Waals surface area contributed by atoms with Crippen molar-refractivity contribution in [2.75, 3.05) is 37.8 Å². The summed E-state index contributed by atoms with van der Waals surface area (Å²) in [5.41, 5.74) is 9.65. The minimum Gasteiger partial charge on any atom is -0.496 e. The molecule has 1 saturated heterocycles. The number of fused-ring (bicyclic) bond motifs is 1. The Labute approximate surface area is 268 Å². The molecule has 242 valence electrons. The third-order valence-electron chi connectivity index (χ3n) is 7.84. The van der Waals surface area contributed by atoms with Crippen molar-refractivity contribution in [2.24, 2.45) is 0 Å². The van der Waals surface area contributed by atoms with Gasteiger partial charge in [0.25, 0.3) is 15.9 Å². The number of hydrogen-bond acceptors (Lipinski definition) is 9. The van der Waals surface area contributed by atoms with Crippen molar-refractivity contribution in [1.29, 1.82) is 0 Å². The Kier molecular flexibility index (Phi) is 8.38. The lowest BCUT2D eigenvalue weighted by Gasteiger charge is -2.18. The van der Waals surface area contributed by atoms with Gasteiger partial charge >= 0.3 is 0 Å². The zero-order valence-corrected chi connectivity index (χ0v) is 26.0. The molecule has 1 fully saturated rings. The second-order valence-electron chi connectivity index (χ2n) is 10.9. The van der Waals surface area contributed by atoms with Crippen LogP contribution in [0.5, 0.6) is 11.6 Å². The fraction of sp³-hybridized carbons (Fsp3) is 0.182. The van der Waals surface area contributed by atoms with Gasteiger partial charge in [0.2, 0.25) is 5.88 Å². The maximum Gasteiger partial charge on any atom is 0.264 e. The van der Waals surface area contributed by atoms with E-state index in [2.05, 4.69) is 14.7 Å². The zero-order valence-electron chi connectivity index (χ0n) is 25.2. The van der Waals surface area contributed by atoms with Gasteiger partial charge in [-0.2, -0.15) is 0 Å². The number of benzene rings is 3. The van der Waals surface area contributed by atoms with Crippen molar-refractivity contribution < 1.29 is 36.6 Å². The van der Waals surface area contributed by atoms with Crippen LogP contribution in [-0.2, 0) is 10.0 Å². The molecule has 1 aliphatic rings. The van der Waals surface area contributed by atoms with Gasteiger partial charge in [-0.05, 0) is 66.1 Å². The molecule has 2 aromatic heterocycles. The van der Waals surface area contributed by atoms with Crippen LogP contribution in [0.2, 0.25) is 0 Å². The first-order chi connectivity index (χ1) is 22.5. The van der Waals surface area contributed by atoms with E-state index in [9.17, 15) is 27.1 Å². The number of sulfonamides is 1. The maximum atomic E-state index is 14.3. The molecule has 47 heavy (non-hydrogen) atoms. The van der Waals surface area contributed by atoms with Crippen molar-refractivity contribution in [1.82, 2.24) is 14.9 Å². The summed E-state index contributed by atoms with van der Waals surface area (Å²) in [6.07, 6.45) is 1.46. The molecule has 3 aromatic carbocycles. The molecular weight excluding hydrogens is 632 g/mol. The molecule has 14 heteroatoms. The van der Waals surface area contributed by atoms with Crippen molar-refractivity contribution in [2.45, 2.75) is 17.4 Å². The zero-order chi connectivity index (χ0) is 33.5. The molecule has 6 rings (SSSR count). The van der Waals surface area contributed by atoms with E-state index in [1.165, 1.54) is 26.5 Å². The number of methoxy groups -OCH3 is 2. The summed E-state index contributed by atoms with van der Waals surface area (Å²) in [5, 5.41) is 10.6. The summed E-state index contributed by atoms with van der Waals surface area (Å²) < 4.78 is 66.8. The van der Waals surface area contributed by atoms with E-state index < -0.39 is 32.7 Å². The number of nitrogens with one attached hydrogen (secondary N) is 1. The topological polar surface area (TPSA) is 157 Å². The van der Waals surface area contributed by atoms with Crippen molar-refractivity contribution in [3.8, 4) is 33.9 Å². The number of nitrogen functional groups attached to an aromatic ring is 1. The molecule has 1 aliphatic heterocycles. The van der Waals surface area contributed by atoms with Gasteiger partial charge in [-0.1, -0.05) is 12.1 Å². The second kappa shape index (κ2) is 12.5. The standard InChI is InChI=1S/C33H29F2N5O6S/c1-45-29-14-19(3-6-24(29)33(42)40-10-9-23(41)17-40)25-12-20-11-18(4-7-27(20)38-31(25)36)21-13-28(32(46-2)37-16-21)39-47(43,44)30-8-5-22(34)15-26(30)35/h3-8,11-16,23,39,41H,9-10,17H2,1-2H3,(H2,36,38)/t23-/m0/s1. The highest BCUT2D eigenvalue weighted by atomic mass is 32.2. The summed E-state index contributed by atoms with van der Waals surface area (Å²) in [5.74, 6) is -1.86. The molecule has 0 unspecified atom stereocenters. The Bertz CT molecular complexity index is 2150. The van der Waals surface area contributed by atoms with E-state index >= 15 is 0 Å². The number of rotatable bonds is 8. The van der Waals surface area contributed by atoms with Gasteiger partial charge in [-0.3, -0.25) is 9.52 Å². The Morgan fingerprint density at radius 1 is 1.00 bits per heavy atom. The molecule has 3 heterocycles. The lowest BCUT2D eigenvalue weighted by molar-refractivity contribution is 0.0761. The first-order valence-electron chi connectivity index (χ1n) is 14.4. The quantitative estimate of drug-likeness (QED) is 0.212. The van der Waals surface area contributed by atoms with Crippen LogP contribution >= 0.6 is 0 Å². The molecular formula is C33H29F2N5O6S. The third kappa shape index (κ3) is 6.24. The smallest absolute Gasteiger partial charge is 0.264 e. The summed E-state index contributed by atoms with van der Waals surface area (Å²) in [7, 11) is -1.70. The van der Waals surface area contributed by atoms with Gasteiger partial charge in [0.05, 0.1) is 31.4 Å². The number of aromatic nitrogens is 2. The van der Waals surface area contributed by atoms with E-state index in [0.29, 0.717) is 63.5 Å². The average Bonchev–Trinajstić information content (AvgIpc) is 3.49. The SMILES string of the molecule is COc1cc(-c2cc3cc(-c4cnc(OC)c(NS(=O)(=O)c5ccc(F)cc5F)c4)ccc3nc2N)ccc1C(=O)N1CC[C@H](O)C1. The van der Waals surface area contributed by atoms with Crippen LogP contribution in [0.4, 0.5) is 20.3 Å². The van der Waals surface area contributed by atoms with Crippen LogP contribution in [0, 0.1) is 11.6 Å². The Morgan fingerprint density at radius 3 is 2.49 bits per heavy atom. The number of carbonyl (C=O) groups is 1. The number of ether oxygens (including phenoxy) is 2. The number of nitrogens with zero attached hydrogens (tertiary/aromatic N) is 3. The van der Waals surface area contributed by atoms with Gasteiger partial charge in [0, 0.05) is 41.9 Å². The predicted molar refractivity (Wildman–Crippen MR) is 172 cm³/mol. The second-order valence-corrected chi connectivity index (χ2v) is 12.5. The fourth-order valence-electron chi connectivity index (χ4n) is 5.47. The number of amides is 1. The number of nitrogens with two attached hydrogens (primary N) is 1. The van der Waals surface area contributed by atoms with E-state index in [-0.39, 0.29) is 29.8 Å². The lowest BCUT2D eigenvalue weighted by atomic mass is 9.99. The van der Waals surface area contributed by atoms with Crippen molar-refractivity contribution in [3.63, 3.8) is 0 Å². The highest BCUT2D eigenvalue weighted by Crippen LogP contribution is 2.36. The largest absolute Gasteiger partial charge is 0.496 e. The Hall–Kier alpha value is -5.34. The number of carbonyl (C=O) groups excluding carboxylic acids is 1. The predicted octanol–water partition coefficient (Wildman–Crippen LogP) is 4.85.